The molecule has 1 fully saturated rings. The molecule has 0 aliphatic carbocycles. The number of alkyl halides is 3. The number of nitrogens with zero attached hydrogens (tertiary/aromatic N) is 1. The fraction of sp³-hybridized carbons (Fsp3) is 0.320. The monoisotopic (exact) mass is 458 g/mol. The summed E-state index contributed by atoms with van der Waals surface area (Å²) in [5.74, 6) is -1.39. The fourth-order valence-corrected chi connectivity index (χ4v) is 4.20. The molecule has 0 unspecified atom stereocenters. The maximum Gasteiger partial charge on any atom is 0.416 e. The summed E-state index contributed by atoms with van der Waals surface area (Å²) in [5, 5.41) is 15.0. The van der Waals surface area contributed by atoms with Crippen molar-refractivity contribution in [2.45, 2.75) is 25.2 Å². The van der Waals surface area contributed by atoms with Crippen LogP contribution >= 0.6 is 0 Å². The van der Waals surface area contributed by atoms with Crippen LogP contribution in [0.1, 0.15) is 34.5 Å². The summed E-state index contributed by atoms with van der Waals surface area (Å²) >= 11 is 0. The molecule has 5 nitrogen and oxygen atoms in total. The molecule has 8 heteroatoms. The largest absolute Gasteiger partial charge is 0.478 e. The van der Waals surface area contributed by atoms with E-state index in [9.17, 15) is 23.1 Å². The highest BCUT2D eigenvalue weighted by Crippen LogP contribution is 2.33. The Labute approximate surface area is 189 Å². The van der Waals surface area contributed by atoms with Gasteiger partial charge in [-0.3, -0.25) is 0 Å². The Morgan fingerprint density at radius 1 is 1.18 bits per heavy atom. The molecule has 0 saturated carbocycles. The summed E-state index contributed by atoms with van der Waals surface area (Å²) in [5.41, 5.74) is 0.0380. The lowest BCUT2D eigenvalue weighted by Crippen LogP contribution is -2.47. The zero-order valence-electron chi connectivity index (χ0n) is 18.1. The summed E-state index contributed by atoms with van der Waals surface area (Å²) in [6.45, 7) is 3.65. The summed E-state index contributed by atoms with van der Waals surface area (Å²) in [7, 11) is 0. The zero-order chi connectivity index (χ0) is 23.6. The standard InChI is InChI=1S/C25H25F3N2O3/c1-16(22-8-4-6-17-5-2-3-7-23(17)22)29-14-21-15-30(9-10-33-21)20-12-18(24(31)32)11-19(13-20)25(26,27)28/h2-8,11-13,16,21,29H,9-10,14-15H2,1H3,(H,31,32)/t16-,21+/m1/s1. The number of ether oxygens (including phenoxy) is 1. The molecule has 2 atom stereocenters. The Morgan fingerprint density at radius 3 is 2.70 bits per heavy atom. The highest BCUT2D eigenvalue weighted by molar-refractivity contribution is 5.89. The summed E-state index contributed by atoms with van der Waals surface area (Å²) in [6, 6.07) is 17.3. The van der Waals surface area contributed by atoms with Gasteiger partial charge in [-0.15, -0.1) is 0 Å². The summed E-state index contributed by atoms with van der Waals surface area (Å²) in [6.07, 6.45) is -4.87. The van der Waals surface area contributed by atoms with E-state index in [1.165, 1.54) is 6.07 Å². The Balaban J connectivity index is 1.47. The molecule has 1 aliphatic heterocycles. The molecule has 1 aliphatic rings. The predicted octanol–water partition coefficient (Wildman–Crippen LogP) is 5.11. The van der Waals surface area contributed by atoms with Crippen LogP contribution in [0.15, 0.2) is 60.7 Å². The Morgan fingerprint density at radius 2 is 1.94 bits per heavy atom. The van der Waals surface area contributed by atoms with E-state index >= 15 is 0 Å². The van der Waals surface area contributed by atoms with Crippen LogP contribution in [0.4, 0.5) is 18.9 Å². The molecule has 0 amide bonds. The lowest BCUT2D eigenvalue weighted by molar-refractivity contribution is -0.137. The van der Waals surface area contributed by atoms with E-state index < -0.39 is 17.7 Å². The van der Waals surface area contributed by atoms with Crippen LogP contribution in [-0.2, 0) is 10.9 Å². The van der Waals surface area contributed by atoms with Gasteiger partial charge < -0.3 is 20.1 Å². The first-order valence-electron chi connectivity index (χ1n) is 10.8. The van der Waals surface area contributed by atoms with Crippen molar-refractivity contribution in [1.29, 1.82) is 0 Å². The van der Waals surface area contributed by atoms with Crippen molar-refractivity contribution in [1.82, 2.24) is 5.32 Å². The average Bonchev–Trinajstić information content (AvgIpc) is 2.81. The van der Waals surface area contributed by atoms with Gasteiger partial charge in [0.25, 0.3) is 0 Å². The van der Waals surface area contributed by atoms with E-state index in [0.29, 0.717) is 32.3 Å². The summed E-state index contributed by atoms with van der Waals surface area (Å²) < 4.78 is 45.7. The Kier molecular flexibility index (Phi) is 6.58. The number of carboxylic acid groups (broad SMARTS) is 1. The maximum atomic E-state index is 13.3. The number of hydrogen-bond acceptors (Lipinski definition) is 4. The lowest BCUT2D eigenvalue weighted by Gasteiger charge is -2.35. The first kappa shape index (κ1) is 23.1. The van der Waals surface area contributed by atoms with Crippen molar-refractivity contribution in [2.75, 3.05) is 31.1 Å². The molecule has 1 saturated heterocycles. The third-order valence-corrected chi connectivity index (χ3v) is 5.94. The van der Waals surface area contributed by atoms with Crippen molar-refractivity contribution < 1.29 is 27.8 Å². The van der Waals surface area contributed by atoms with Gasteiger partial charge in [0, 0.05) is 31.4 Å². The van der Waals surface area contributed by atoms with Gasteiger partial charge in [-0.05, 0) is 41.5 Å². The smallest absolute Gasteiger partial charge is 0.416 e. The molecule has 2 N–H and O–H groups in total. The molecule has 0 aromatic heterocycles. The third-order valence-electron chi connectivity index (χ3n) is 5.94. The van der Waals surface area contributed by atoms with Crippen LogP contribution < -0.4 is 10.2 Å². The van der Waals surface area contributed by atoms with Crippen LogP contribution in [0.2, 0.25) is 0 Å². The first-order chi connectivity index (χ1) is 15.7. The number of fused-ring (bicyclic) bond motifs is 1. The highest BCUT2D eigenvalue weighted by atomic mass is 19.4. The van der Waals surface area contributed by atoms with Gasteiger partial charge in [0.1, 0.15) is 0 Å². The minimum atomic E-state index is -4.62. The second kappa shape index (κ2) is 9.41. The number of carboxylic acids is 1. The van der Waals surface area contributed by atoms with Crippen LogP contribution in [0.3, 0.4) is 0 Å². The minimum Gasteiger partial charge on any atom is -0.478 e. The van der Waals surface area contributed by atoms with Crippen molar-refractivity contribution in [2.24, 2.45) is 0 Å². The number of hydrogen-bond donors (Lipinski definition) is 2. The van der Waals surface area contributed by atoms with E-state index in [1.807, 2.05) is 18.2 Å². The third kappa shape index (κ3) is 5.29. The molecule has 3 aromatic rings. The van der Waals surface area contributed by atoms with Crippen molar-refractivity contribution in [3.8, 4) is 0 Å². The van der Waals surface area contributed by atoms with E-state index in [2.05, 4.69) is 36.5 Å². The SMILES string of the molecule is C[C@@H](NC[C@H]1CN(c2cc(C(=O)O)cc(C(F)(F)F)c2)CCO1)c1cccc2ccccc12. The molecule has 33 heavy (non-hydrogen) atoms. The number of halogens is 3. The number of benzene rings is 3. The topological polar surface area (TPSA) is 61.8 Å². The van der Waals surface area contributed by atoms with Gasteiger partial charge in [0.05, 0.1) is 23.8 Å². The fourth-order valence-electron chi connectivity index (χ4n) is 4.20. The van der Waals surface area contributed by atoms with E-state index in [1.54, 1.807) is 4.90 Å². The van der Waals surface area contributed by atoms with Crippen LogP contribution in [0.25, 0.3) is 10.8 Å². The highest BCUT2D eigenvalue weighted by Gasteiger charge is 2.33. The van der Waals surface area contributed by atoms with Gasteiger partial charge in [-0.2, -0.15) is 13.2 Å². The van der Waals surface area contributed by atoms with Gasteiger partial charge in [0.2, 0.25) is 0 Å². The lowest BCUT2D eigenvalue weighted by atomic mass is 9.99. The molecule has 1 heterocycles. The number of aromatic carboxylic acids is 1. The molecular weight excluding hydrogens is 433 g/mol. The van der Waals surface area contributed by atoms with E-state index in [4.69, 9.17) is 4.74 Å². The average molecular weight is 458 g/mol. The number of anilines is 1. The predicted molar refractivity (Wildman–Crippen MR) is 121 cm³/mol. The van der Waals surface area contributed by atoms with Gasteiger partial charge in [-0.25, -0.2) is 4.79 Å². The van der Waals surface area contributed by atoms with Crippen LogP contribution in [0.5, 0.6) is 0 Å². The van der Waals surface area contributed by atoms with E-state index in [-0.39, 0.29) is 23.4 Å². The second-order valence-electron chi connectivity index (χ2n) is 8.21. The molecule has 3 aromatic carbocycles. The molecule has 0 radical (unpaired) electrons. The molecule has 0 spiro atoms. The Hall–Kier alpha value is -3.10. The van der Waals surface area contributed by atoms with Crippen LogP contribution in [0, 0.1) is 0 Å². The van der Waals surface area contributed by atoms with Crippen molar-refractivity contribution in [3.05, 3.63) is 77.4 Å². The first-order valence-corrected chi connectivity index (χ1v) is 10.8. The quantitative estimate of drug-likeness (QED) is 0.537. The van der Waals surface area contributed by atoms with E-state index in [0.717, 1.165) is 22.4 Å². The molecular formula is C25H25F3N2O3. The van der Waals surface area contributed by atoms with Crippen molar-refractivity contribution in [3.63, 3.8) is 0 Å². The number of rotatable bonds is 6. The van der Waals surface area contributed by atoms with Gasteiger partial charge >= 0.3 is 12.1 Å². The Bertz CT molecular complexity index is 1140. The van der Waals surface area contributed by atoms with Crippen LogP contribution in [-0.4, -0.2) is 43.4 Å². The minimum absolute atomic E-state index is 0.0437. The normalized spacial score (nSPS) is 17.8. The number of morpholine rings is 1. The van der Waals surface area contributed by atoms with Gasteiger partial charge in [0.15, 0.2) is 0 Å². The molecule has 174 valence electrons. The summed E-state index contributed by atoms with van der Waals surface area (Å²) in [4.78, 5) is 13.1. The zero-order valence-corrected chi connectivity index (χ0v) is 18.1. The number of nitrogens with one attached hydrogen (secondary N) is 1. The molecule has 4 rings (SSSR count). The second-order valence-corrected chi connectivity index (χ2v) is 8.21. The van der Waals surface area contributed by atoms with Crippen molar-refractivity contribution >= 4 is 22.4 Å². The molecule has 0 bridgehead atoms. The maximum absolute atomic E-state index is 13.3. The number of carbonyl (C=O) groups is 1. The van der Waals surface area contributed by atoms with Gasteiger partial charge in [-0.1, -0.05) is 42.5 Å².